The predicted octanol–water partition coefficient (Wildman–Crippen LogP) is 2.56. The number of alkyl halides is 3. The second-order valence-electron chi connectivity index (χ2n) is 4.44. The quantitative estimate of drug-likeness (QED) is 0.905. The van der Waals surface area contributed by atoms with Gasteiger partial charge in [0.1, 0.15) is 6.10 Å². The highest BCUT2D eigenvalue weighted by Gasteiger charge is 2.41. The van der Waals surface area contributed by atoms with Gasteiger partial charge in [0, 0.05) is 25.1 Å². The van der Waals surface area contributed by atoms with Crippen LogP contribution in [0.3, 0.4) is 0 Å². The van der Waals surface area contributed by atoms with Crippen LogP contribution in [-0.4, -0.2) is 23.3 Å². The van der Waals surface area contributed by atoms with E-state index in [4.69, 9.17) is 4.74 Å². The zero-order chi connectivity index (χ0) is 13.3. The molecule has 1 aromatic rings. The normalized spacial score (nSPS) is 19.6. The number of aliphatic hydroxyl groups excluding tert-OH is 1. The van der Waals surface area contributed by atoms with E-state index in [-0.39, 0.29) is 11.5 Å². The summed E-state index contributed by atoms with van der Waals surface area (Å²) in [5.41, 5.74) is -1.07. The van der Waals surface area contributed by atoms with E-state index >= 15 is 0 Å². The number of aliphatic hydroxyl groups is 1. The molecule has 6 heteroatoms. The van der Waals surface area contributed by atoms with Gasteiger partial charge in [0.2, 0.25) is 0 Å². The van der Waals surface area contributed by atoms with E-state index in [9.17, 15) is 18.3 Å². The molecule has 100 valence electrons. The van der Waals surface area contributed by atoms with Gasteiger partial charge < -0.3 is 9.84 Å². The monoisotopic (exact) mass is 261 g/mol. The summed E-state index contributed by atoms with van der Waals surface area (Å²) in [5, 5.41) is 10.1. The minimum Gasteiger partial charge on any atom is -0.386 e. The van der Waals surface area contributed by atoms with E-state index in [0.717, 1.165) is 31.3 Å². The van der Waals surface area contributed by atoms with Crippen LogP contribution in [0.2, 0.25) is 0 Å². The third-order valence-corrected chi connectivity index (χ3v) is 3.15. The van der Waals surface area contributed by atoms with Crippen molar-refractivity contribution >= 4 is 0 Å². The molecule has 1 aliphatic carbocycles. The standard InChI is InChI=1S/C12H14F3NO2/c1-18-11(7-2-3-7)10(17)8-6-16-5-4-9(8)12(13,14)15/h4-7,10-11,17H,2-3H2,1H3. The molecule has 18 heavy (non-hydrogen) atoms. The minimum atomic E-state index is -4.50. The van der Waals surface area contributed by atoms with Crippen LogP contribution in [0.1, 0.15) is 30.1 Å². The van der Waals surface area contributed by atoms with Crippen molar-refractivity contribution in [3.8, 4) is 0 Å². The summed E-state index contributed by atoms with van der Waals surface area (Å²) < 4.78 is 43.6. The molecule has 0 aromatic carbocycles. The zero-order valence-corrected chi connectivity index (χ0v) is 9.81. The first-order valence-electron chi connectivity index (χ1n) is 5.67. The summed E-state index contributed by atoms with van der Waals surface area (Å²) in [5.74, 6) is 0.131. The third-order valence-electron chi connectivity index (χ3n) is 3.15. The molecule has 0 radical (unpaired) electrons. The molecule has 0 aliphatic heterocycles. The minimum absolute atomic E-state index is 0.131. The molecule has 1 fully saturated rings. The lowest BCUT2D eigenvalue weighted by Crippen LogP contribution is -2.25. The summed E-state index contributed by atoms with van der Waals surface area (Å²) in [4.78, 5) is 3.66. The van der Waals surface area contributed by atoms with Crippen LogP contribution in [0.15, 0.2) is 18.5 Å². The number of ether oxygens (including phenoxy) is 1. The third kappa shape index (κ3) is 2.64. The number of hydrogen-bond acceptors (Lipinski definition) is 3. The van der Waals surface area contributed by atoms with E-state index in [1.165, 1.54) is 7.11 Å². The number of methoxy groups -OCH3 is 1. The summed E-state index contributed by atoms with van der Waals surface area (Å²) >= 11 is 0. The Hall–Kier alpha value is -1.14. The van der Waals surface area contributed by atoms with Crippen molar-refractivity contribution in [3.05, 3.63) is 29.6 Å². The number of nitrogens with zero attached hydrogens (tertiary/aromatic N) is 1. The van der Waals surface area contributed by atoms with Gasteiger partial charge in [-0.15, -0.1) is 0 Å². The summed E-state index contributed by atoms with van der Waals surface area (Å²) in [6, 6.07) is 0.873. The Morgan fingerprint density at radius 2 is 2.11 bits per heavy atom. The Morgan fingerprint density at radius 1 is 1.44 bits per heavy atom. The molecule has 2 rings (SSSR count). The highest BCUT2D eigenvalue weighted by molar-refractivity contribution is 5.29. The molecule has 1 saturated carbocycles. The maximum Gasteiger partial charge on any atom is 0.416 e. The Balaban J connectivity index is 2.31. The average molecular weight is 261 g/mol. The predicted molar refractivity (Wildman–Crippen MR) is 57.7 cm³/mol. The molecule has 1 N–H and O–H groups in total. The molecule has 0 spiro atoms. The van der Waals surface area contributed by atoms with Gasteiger partial charge in [-0.1, -0.05) is 0 Å². The Morgan fingerprint density at radius 3 is 2.61 bits per heavy atom. The highest BCUT2D eigenvalue weighted by atomic mass is 19.4. The lowest BCUT2D eigenvalue weighted by Gasteiger charge is -2.24. The van der Waals surface area contributed by atoms with Crippen LogP contribution in [0.4, 0.5) is 13.2 Å². The smallest absolute Gasteiger partial charge is 0.386 e. The number of hydrogen-bond donors (Lipinski definition) is 1. The van der Waals surface area contributed by atoms with E-state index in [2.05, 4.69) is 4.98 Å². The summed E-state index contributed by atoms with van der Waals surface area (Å²) in [7, 11) is 1.40. The van der Waals surface area contributed by atoms with Crippen molar-refractivity contribution in [2.75, 3.05) is 7.11 Å². The molecule has 0 amide bonds. The second-order valence-corrected chi connectivity index (χ2v) is 4.44. The van der Waals surface area contributed by atoms with Crippen LogP contribution in [0.25, 0.3) is 0 Å². The zero-order valence-electron chi connectivity index (χ0n) is 9.81. The molecular weight excluding hydrogens is 247 g/mol. The summed E-state index contributed by atoms with van der Waals surface area (Å²) in [6.07, 6.45) is -2.53. The first kappa shape index (κ1) is 13.3. The molecule has 3 nitrogen and oxygen atoms in total. The Kier molecular flexibility index (Phi) is 3.59. The molecule has 2 atom stereocenters. The van der Waals surface area contributed by atoms with Gasteiger partial charge in [0.05, 0.1) is 11.7 Å². The number of pyridine rings is 1. The first-order chi connectivity index (χ1) is 8.45. The van der Waals surface area contributed by atoms with E-state index in [0.29, 0.717) is 0 Å². The Labute approximate surface area is 103 Å². The fourth-order valence-corrected chi connectivity index (χ4v) is 2.08. The van der Waals surface area contributed by atoms with Gasteiger partial charge >= 0.3 is 6.18 Å². The van der Waals surface area contributed by atoms with Gasteiger partial charge in [-0.2, -0.15) is 13.2 Å². The maximum absolute atomic E-state index is 12.8. The van der Waals surface area contributed by atoms with Crippen molar-refractivity contribution in [1.29, 1.82) is 0 Å². The molecular formula is C12H14F3NO2. The van der Waals surface area contributed by atoms with Crippen LogP contribution in [0.5, 0.6) is 0 Å². The fraction of sp³-hybridized carbons (Fsp3) is 0.583. The van der Waals surface area contributed by atoms with Crippen LogP contribution in [0, 0.1) is 5.92 Å². The van der Waals surface area contributed by atoms with Crippen LogP contribution in [-0.2, 0) is 10.9 Å². The first-order valence-corrected chi connectivity index (χ1v) is 5.67. The molecule has 1 heterocycles. The topological polar surface area (TPSA) is 42.4 Å². The van der Waals surface area contributed by atoms with E-state index in [1.807, 2.05) is 0 Å². The van der Waals surface area contributed by atoms with Gasteiger partial charge in [0.15, 0.2) is 0 Å². The van der Waals surface area contributed by atoms with E-state index < -0.39 is 23.9 Å². The molecule has 0 saturated heterocycles. The maximum atomic E-state index is 12.8. The molecule has 1 aromatic heterocycles. The van der Waals surface area contributed by atoms with Crippen molar-refractivity contribution < 1.29 is 23.0 Å². The van der Waals surface area contributed by atoms with E-state index in [1.54, 1.807) is 0 Å². The molecule has 2 unspecified atom stereocenters. The summed E-state index contributed by atoms with van der Waals surface area (Å²) in [6.45, 7) is 0. The van der Waals surface area contributed by atoms with Gasteiger partial charge in [-0.05, 0) is 24.8 Å². The van der Waals surface area contributed by atoms with Gasteiger partial charge in [-0.3, -0.25) is 4.98 Å². The van der Waals surface area contributed by atoms with Crippen molar-refractivity contribution in [1.82, 2.24) is 4.98 Å². The van der Waals surface area contributed by atoms with Gasteiger partial charge in [0.25, 0.3) is 0 Å². The molecule has 1 aliphatic rings. The van der Waals surface area contributed by atoms with Crippen LogP contribution < -0.4 is 0 Å². The lowest BCUT2D eigenvalue weighted by atomic mass is 9.98. The lowest BCUT2D eigenvalue weighted by molar-refractivity contribution is -0.140. The number of aromatic nitrogens is 1. The second kappa shape index (κ2) is 4.85. The Bertz CT molecular complexity index is 418. The van der Waals surface area contributed by atoms with Crippen molar-refractivity contribution in [2.24, 2.45) is 5.92 Å². The van der Waals surface area contributed by atoms with Crippen LogP contribution >= 0.6 is 0 Å². The fourth-order valence-electron chi connectivity index (χ4n) is 2.08. The average Bonchev–Trinajstić information content (AvgIpc) is 3.13. The van der Waals surface area contributed by atoms with Crippen molar-refractivity contribution in [2.45, 2.75) is 31.2 Å². The molecule has 0 bridgehead atoms. The SMILES string of the molecule is COC(C1CC1)C(O)c1cnccc1C(F)(F)F. The highest BCUT2D eigenvalue weighted by Crippen LogP contribution is 2.42. The largest absolute Gasteiger partial charge is 0.416 e. The number of halogens is 3. The van der Waals surface area contributed by atoms with Crippen molar-refractivity contribution in [3.63, 3.8) is 0 Å². The van der Waals surface area contributed by atoms with Gasteiger partial charge in [-0.25, -0.2) is 0 Å². The number of rotatable bonds is 4.